The molecule has 4 aromatic carbocycles. The monoisotopic (exact) mass is 595 g/mol. The molecule has 0 fully saturated rings. The average Bonchev–Trinajstić information content (AvgIpc) is 3.47. The number of nitrogens with zero attached hydrogens (tertiary/aromatic N) is 2. The lowest BCUT2D eigenvalue weighted by atomic mass is 10.1. The van der Waals surface area contributed by atoms with Crippen molar-refractivity contribution < 1.29 is 14.3 Å². The number of para-hydroxylation sites is 2. The summed E-state index contributed by atoms with van der Waals surface area (Å²) in [6.07, 6.45) is 1.48. The number of hydrogen-bond donors (Lipinski definition) is 3. The SMILES string of the molecule is Cc1ccccc1NC(=O)COc1ccc(/C=N/NC(=O)c2ccc(-c3csc(Nc4ccccc4)n3)cc2)cc1Cl. The van der Waals surface area contributed by atoms with Crippen molar-refractivity contribution in [3.05, 3.63) is 124 Å². The molecule has 0 radical (unpaired) electrons. The molecule has 5 aromatic rings. The highest BCUT2D eigenvalue weighted by atomic mass is 35.5. The third-order valence-electron chi connectivity index (χ3n) is 6.09. The Bertz CT molecular complexity index is 1720. The number of thiazole rings is 1. The van der Waals surface area contributed by atoms with Crippen LogP contribution in [0, 0.1) is 6.92 Å². The molecule has 5 rings (SSSR count). The summed E-state index contributed by atoms with van der Waals surface area (Å²) in [5.74, 6) is -0.285. The van der Waals surface area contributed by atoms with Crippen LogP contribution < -0.4 is 20.8 Å². The number of aryl methyl sites for hydroxylation is 1. The Morgan fingerprint density at radius 3 is 2.50 bits per heavy atom. The van der Waals surface area contributed by atoms with Gasteiger partial charge in [0.2, 0.25) is 0 Å². The molecule has 0 saturated heterocycles. The van der Waals surface area contributed by atoms with Crippen molar-refractivity contribution >= 4 is 57.5 Å². The van der Waals surface area contributed by atoms with Crippen molar-refractivity contribution in [3.63, 3.8) is 0 Å². The van der Waals surface area contributed by atoms with Crippen LogP contribution in [0.25, 0.3) is 11.3 Å². The second-order valence-electron chi connectivity index (χ2n) is 9.15. The minimum Gasteiger partial charge on any atom is -0.482 e. The Morgan fingerprint density at radius 2 is 1.74 bits per heavy atom. The van der Waals surface area contributed by atoms with Crippen LogP contribution in [0.2, 0.25) is 5.02 Å². The number of aromatic nitrogens is 1. The summed E-state index contributed by atoms with van der Waals surface area (Å²) in [5, 5.41) is 13.2. The molecule has 10 heteroatoms. The van der Waals surface area contributed by atoms with E-state index in [1.54, 1.807) is 30.3 Å². The topological polar surface area (TPSA) is 105 Å². The molecule has 3 N–H and O–H groups in total. The minimum absolute atomic E-state index is 0.190. The van der Waals surface area contributed by atoms with E-state index in [0.717, 1.165) is 33.3 Å². The lowest BCUT2D eigenvalue weighted by molar-refractivity contribution is -0.118. The number of carbonyl (C=O) groups is 2. The summed E-state index contributed by atoms with van der Waals surface area (Å²) in [4.78, 5) is 29.5. The molecule has 0 spiro atoms. The number of nitrogens with one attached hydrogen (secondary N) is 3. The zero-order valence-electron chi connectivity index (χ0n) is 22.5. The molecule has 0 unspecified atom stereocenters. The molecule has 0 bridgehead atoms. The Hall–Kier alpha value is -4.99. The fraction of sp³-hybridized carbons (Fsp3) is 0.0625. The van der Waals surface area contributed by atoms with Crippen LogP contribution in [0.15, 0.2) is 108 Å². The number of ether oxygens (including phenoxy) is 1. The standard InChI is InChI=1S/C32H26ClN5O3S/c1-21-7-5-6-10-27(21)36-30(39)19-41-29-16-11-22(17-26(29)33)18-34-38-31(40)24-14-12-23(13-15-24)28-20-42-32(37-28)35-25-8-3-2-4-9-25/h2-18,20H,19H2,1H3,(H,35,37)(H,36,39)(H,38,40)/b34-18+. The highest BCUT2D eigenvalue weighted by Crippen LogP contribution is 2.28. The van der Waals surface area contributed by atoms with Crippen LogP contribution in [-0.4, -0.2) is 29.6 Å². The van der Waals surface area contributed by atoms with Gasteiger partial charge in [-0.05, 0) is 66.6 Å². The fourth-order valence-corrected chi connectivity index (χ4v) is 4.87. The molecule has 2 amide bonds. The molecule has 0 aliphatic rings. The quantitative estimate of drug-likeness (QED) is 0.116. The maximum atomic E-state index is 12.6. The highest BCUT2D eigenvalue weighted by Gasteiger charge is 2.10. The predicted octanol–water partition coefficient (Wildman–Crippen LogP) is 7.30. The van der Waals surface area contributed by atoms with Crippen molar-refractivity contribution in [1.29, 1.82) is 0 Å². The normalized spacial score (nSPS) is 10.8. The number of halogens is 1. The van der Waals surface area contributed by atoms with Crippen LogP contribution >= 0.6 is 22.9 Å². The van der Waals surface area contributed by atoms with Gasteiger partial charge >= 0.3 is 0 Å². The molecule has 1 aromatic heterocycles. The van der Waals surface area contributed by atoms with E-state index in [-0.39, 0.29) is 18.4 Å². The van der Waals surface area contributed by atoms with Gasteiger partial charge in [0, 0.05) is 27.9 Å². The van der Waals surface area contributed by atoms with Gasteiger partial charge in [0.15, 0.2) is 11.7 Å². The number of benzene rings is 4. The molecule has 0 atom stereocenters. The van der Waals surface area contributed by atoms with Crippen LogP contribution in [0.4, 0.5) is 16.5 Å². The summed E-state index contributed by atoms with van der Waals surface area (Å²) in [6, 6.07) is 29.5. The first-order chi connectivity index (χ1) is 20.4. The summed E-state index contributed by atoms with van der Waals surface area (Å²) >= 11 is 7.84. The van der Waals surface area contributed by atoms with E-state index in [2.05, 4.69) is 26.1 Å². The molecule has 42 heavy (non-hydrogen) atoms. The van der Waals surface area contributed by atoms with E-state index in [4.69, 9.17) is 16.3 Å². The highest BCUT2D eigenvalue weighted by molar-refractivity contribution is 7.14. The lowest BCUT2D eigenvalue weighted by Gasteiger charge is -2.10. The van der Waals surface area contributed by atoms with Crippen LogP contribution in [0.5, 0.6) is 5.75 Å². The molecular weight excluding hydrogens is 570 g/mol. The maximum Gasteiger partial charge on any atom is 0.271 e. The van der Waals surface area contributed by atoms with Gasteiger partial charge in [-0.3, -0.25) is 9.59 Å². The van der Waals surface area contributed by atoms with E-state index in [1.807, 2.05) is 79.0 Å². The number of hydrogen-bond acceptors (Lipinski definition) is 7. The average molecular weight is 596 g/mol. The number of carbonyl (C=O) groups excluding carboxylic acids is 2. The molecule has 0 saturated carbocycles. The summed E-state index contributed by atoms with van der Waals surface area (Å²) in [6.45, 7) is 1.72. The van der Waals surface area contributed by atoms with Gasteiger partial charge in [-0.15, -0.1) is 11.3 Å². The van der Waals surface area contributed by atoms with E-state index < -0.39 is 0 Å². The summed E-state index contributed by atoms with van der Waals surface area (Å²) < 4.78 is 5.57. The predicted molar refractivity (Wildman–Crippen MR) is 169 cm³/mol. The van der Waals surface area contributed by atoms with Gasteiger partial charge in [0.25, 0.3) is 11.8 Å². The van der Waals surface area contributed by atoms with Crippen molar-refractivity contribution in [2.24, 2.45) is 5.10 Å². The number of rotatable bonds is 10. The Morgan fingerprint density at radius 1 is 0.976 bits per heavy atom. The van der Waals surface area contributed by atoms with Crippen molar-refractivity contribution in [1.82, 2.24) is 10.4 Å². The van der Waals surface area contributed by atoms with Gasteiger partial charge < -0.3 is 15.4 Å². The smallest absolute Gasteiger partial charge is 0.271 e. The molecule has 0 aliphatic heterocycles. The second-order valence-corrected chi connectivity index (χ2v) is 10.4. The lowest BCUT2D eigenvalue weighted by Crippen LogP contribution is -2.20. The summed E-state index contributed by atoms with van der Waals surface area (Å²) in [5.41, 5.74) is 8.00. The first-order valence-electron chi connectivity index (χ1n) is 12.9. The maximum absolute atomic E-state index is 12.6. The van der Waals surface area contributed by atoms with Gasteiger partial charge in [0.1, 0.15) is 5.75 Å². The number of anilines is 3. The first kappa shape index (κ1) is 28.5. The third kappa shape index (κ3) is 7.60. The van der Waals surface area contributed by atoms with E-state index in [9.17, 15) is 9.59 Å². The van der Waals surface area contributed by atoms with Gasteiger partial charge in [-0.1, -0.05) is 60.1 Å². The Balaban J connectivity index is 1.11. The van der Waals surface area contributed by atoms with E-state index in [1.165, 1.54) is 17.6 Å². The number of amides is 2. The number of hydrazone groups is 1. The van der Waals surface area contributed by atoms with Crippen LogP contribution in [-0.2, 0) is 4.79 Å². The Labute approximate surface area is 252 Å². The van der Waals surface area contributed by atoms with Gasteiger partial charge in [-0.25, -0.2) is 10.4 Å². The fourth-order valence-electron chi connectivity index (χ4n) is 3.89. The zero-order valence-corrected chi connectivity index (χ0v) is 24.1. The Kier molecular flexibility index (Phi) is 9.23. The van der Waals surface area contributed by atoms with Crippen LogP contribution in [0.1, 0.15) is 21.5 Å². The van der Waals surface area contributed by atoms with Crippen molar-refractivity contribution in [2.75, 3.05) is 17.2 Å². The minimum atomic E-state index is -0.353. The van der Waals surface area contributed by atoms with E-state index >= 15 is 0 Å². The van der Waals surface area contributed by atoms with Crippen molar-refractivity contribution in [2.45, 2.75) is 6.92 Å². The molecular formula is C32H26ClN5O3S. The third-order valence-corrected chi connectivity index (χ3v) is 7.14. The van der Waals surface area contributed by atoms with Gasteiger partial charge in [-0.2, -0.15) is 5.10 Å². The molecule has 8 nitrogen and oxygen atoms in total. The van der Waals surface area contributed by atoms with Crippen molar-refractivity contribution in [3.8, 4) is 17.0 Å². The summed E-state index contributed by atoms with van der Waals surface area (Å²) in [7, 11) is 0. The molecule has 1 heterocycles. The first-order valence-corrected chi connectivity index (χ1v) is 14.2. The van der Waals surface area contributed by atoms with Gasteiger partial charge in [0.05, 0.1) is 16.9 Å². The largest absolute Gasteiger partial charge is 0.482 e. The zero-order chi connectivity index (χ0) is 29.3. The van der Waals surface area contributed by atoms with E-state index in [0.29, 0.717) is 21.9 Å². The molecule has 0 aliphatic carbocycles. The molecule has 210 valence electrons. The second kappa shape index (κ2) is 13.6. The van der Waals surface area contributed by atoms with Crippen LogP contribution in [0.3, 0.4) is 0 Å².